The Morgan fingerprint density at radius 3 is 2.70 bits per heavy atom. The summed E-state index contributed by atoms with van der Waals surface area (Å²) in [6.07, 6.45) is 7.13. The van der Waals surface area contributed by atoms with Crippen LogP contribution >= 0.6 is 0 Å². The highest BCUT2D eigenvalue weighted by atomic mass is 16.3. The van der Waals surface area contributed by atoms with E-state index >= 15 is 0 Å². The number of aliphatic hydroxyl groups is 1. The number of pyridine rings is 1. The van der Waals surface area contributed by atoms with E-state index in [2.05, 4.69) is 47.4 Å². The van der Waals surface area contributed by atoms with Crippen LogP contribution in [0.2, 0.25) is 0 Å². The summed E-state index contributed by atoms with van der Waals surface area (Å²) in [5, 5.41) is 12.9. The zero-order chi connectivity index (χ0) is 21.0. The van der Waals surface area contributed by atoms with Crippen LogP contribution in [-0.4, -0.2) is 32.6 Å². The van der Waals surface area contributed by atoms with Crippen molar-refractivity contribution in [3.63, 3.8) is 0 Å². The fourth-order valence-electron chi connectivity index (χ4n) is 5.79. The SMILES string of the molecule is Cc1cc(C(C)C)c2c(c1)c1c(n2CC(C)(O)c2ccncc2)CCN2CCCC12. The second-order valence-electron chi connectivity index (χ2n) is 9.81. The topological polar surface area (TPSA) is 41.3 Å². The Labute approximate surface area is 179 Å². The van der Waals surface area contributed by atoms with Crippen molar-refractivity contribution < 1.29 is 5.11 Å². The molecule has 158 valence electrons. The molecule has 30 heavy (non-hydrogen) atoms. The van der Waals surface area contributed by atoms with E-state index in [4.69, 9.17) is 0 Å². The molecular weight excluding hydrogens is 370 g/mol. The van der Waals surface area contributed by atoms with Crippen molar-refractivity contribution in [2.45, 2.75) is 71.1 Å². The first-order valence-electron chi connectivity index (χ1n) is 11.4. The van der Waals surface area contributed by atoms with Gasteiger partial charge in [-0.05, 0) is 74.0 Å². The zero-order valence-electron chi connectivity index (χ0n) is 18.7. The minimum atomic E-state index is -0.950. The third-order valence-electron chi connectivity index (χ3n) is 7.20. The lowest BCUT2D eigenvalue weighted by molar-refractivity contribution is 0.0382. The molecule has 4 heteroatoms. The minimum Gasteiger partial charge on any atom is -0.384 e. The average molecular weight is 404 g/mol. The Bertz CT molecular complexity index is 1080. The third kappa shape index (κ3) is 3.09. The van der Waals surface area contributed by atoms with Gasteiger partial charge in [0.15, 0.2) is 0 Å². The number of nitrogens with zero attached hydrogens (tertiary/aromatic N) is 3. The van der Waals surface area contributed by atoms with Crippen LogP contribution in [0.5, 0.6) is 0 Å². The van der Waals surface area contributed by atoms with Gasteiger partial charge < -0.3 is 9.67 Å². The second-order valence-corrected chi connectivity index (χ2v) is 9.81. The molecule has 2 aliphatic heterocycles. The van der Waals surface area contributed by atoms with Crippen LogP contribution in [-0.2, 0) is 18.6 Å². The molecule has 0 bridgehead atoms. The molecule has 0 amide bonds. The molecule has 1 N–H and O–H groups in total. The van der Waals surface area contributed by atoms with Gasteiger partial charge in [0, 0.05) is 42.5 Å². The van der Waals surface area contributed by atoms with Crippen molar-refractivity contribution in [3.05, 3.63) is 64.6 Å². The number of fused-ring (bicyclic) bond motifs is 5. The Morgan fingerprint density at radius 1 is 1.20 bits per heavy atom. The predicted octanol–water partition coefficient (Wildman–Crippen LogP) is 5.07. The smallest absolute Gasteiger partial charge is 0.105 e. The summed E-state index contributed by atoms with van der Waals surface area (Å²) in [6.45, 7) is 11.6. The van der Waals surface area contributed by atoms with Crippen LogP contribution < -0.4 is 0 Å². The van der Waals surface area contributed by atoms with Crippen molar-refractivity contribution in [1.29, 1.82) is 0 Å². The molecule has 2 unspecified atom stereocenters. The van der Waals surface area contributed by atoms with Gasteiger partial charge in [-0.3, -0.25) is 9.88 Å². The Kier molecular flexibility index (Phi) is 4.75. The number of aromatic nitrogens is 2. The van der Waals surface area contributed by atoms with Crippen molar-refractivity contribution in [2.24, 2.45) is 0 Å². The molecule has 0 aliphatic carbocycles. The summed E-state index contributed by atoms with van der Waals surface area (Å²) >= 11 is 0. The van der Waals surface area contributed by atoms with E-state index in [1.54, 1.807) is 12.4 Å². The first-order chi connectivity index (χ1) is 14.4. The van der Waals surface area contributed by atoms with E-state index in [0.29, 0.717) is 18.5 Å². The molecule has 0 spiro atoms. The largest absolute Gasteiger partial charge is 0.384 e. The van der Waals surface area contributed by atoms with Crippen molar-refractivity contribution >= 4 is 10.9 Å². The van der Waals surface area contributed by atoms with Gasteiger partial charge in [0.05, 0.1) is 12.1 Å². The lowest BCUT2D eigenvalue weighted by atomic mass is 9.92. The lowest BCUT2D eigenvalue weighted by Crippen LogP contribution is -2.33. The number of hydrogen-bond acceptors (Lipinski definition) is 3. The fraction of sp³-hybridized carbons (Fsp3) is 0.500. The van der Waals surface area contributed by atoms with Gasteiger partial charge in [0.1, 0.15) is 5.60 Å². The van der Waals surface area contributed by atoms with Crippen LogP contribution in [0.15, 0.2) is 36.7 Å². The summed E-state index contributed by atoms with van der Waals surface area (Å²) in [7, 11) is 0. The molecule has 2 atom stereocenters. The lowest BCUT2D eigenvalue weighted by Gasteiger charge is -2.32. The van der Waals surface area contributed by atoms with Crippen LogP contribution in [0.1, 0.15) is 73.5 Å². The molecule has 2 aromatic heterocycles. The van der Waals surface area contributed by atoms with Gasteiger partial charge in [0.25, 0.3) is 0 Å². The number of benzene rings is 1. The standard InChI is InChI=1S/C26H33N3O/c1-17(2)20-14-18(3)15-21-24-22-6-5-12-28(22)13-9-23(24)29(25(20)21)16-26(4,30)19-7-10-27-11-8-19/h7-8,10-11,14-15,17,22,30H,5-6,9,12-13,16H2,1-4H3. The van der Waals surface area contributed by atoms with Crippen molar-refractivity contribution in [2.75, 3.05) is 13.1 Å². The summed E-state index contributed by atoms with van der Waals surface area (Å²) in [5.41, 5.74) is 7.01. The highest BCUT2D eigenvalue weighted by molar-refractivity contribution is 5.90. The zero-order valence-corrected chi connectivity index (χ0v) is 18.7. The Morgan fingerprint density at radius 2 is 1.97 bits per heavy atom. The average Bonchev–Trinajstić information content (AvgIpc) is 3.31. The first-order valence-corrected chi connectivity index (χ1v) is 11.4. The van der Waals surface area contributed by atoms with E-state index in [9.17, 15) is 5.11 Å². The summed E-state index contributed by atoms with van der Waals surface area (Å²) in [6, 6.07) is 9.14. The molecule has 4 nitrogen and oxygen atoms in total. The third-order valence-corrected chi connectivity index (χ3v) is 7.20. The normalized spacial score (nSPS) is 21.1. The second kappa shape index (κ2) is 7.21. The Hall–Kier alpha value is -2.17. The molecule has 1 fully saturated rings. The van der Waals surface area contributed by atoms with Crippen LogP contribution in [0.4, 0.5) is 0 Å². The van der Waals surface area contributed by atoms with Gasteiger partial charge in [-0.25, -0.2) is 0 Å². The van der Waals surface area contributed by atoms with E-state index in [1.165, 1.54) is 52.7 Å². The molecule has 2 aliphatic rings. The summed E-state index contributed by atoms with van der Waals surface area (Å²) in [5.74, 6) is 0.438. The maximum absolute atomic E-state index is 11.5. The van der Waals surface area contributed by atoms with Gasteiger partial charge in [-0.2, -0.15) is 0 Å². The predicted molar refractivity (Wildman–Crippen MR) is 122 cm³/mol. The molecular formula is C26H33N3O. The molecule has 3 aromatic rings. The fourth-order valence-corrected chi connectivity index (χ4v) is 5.79. The number of rotatable bonds is 4. The summed E-state index contributed by atoms with van der Waals surface area (Å²) in [4.78, 5) is 6.81. The summed E-state index contributed by atoms with van der Waals surface area (Å²) < 4.78 is 2.47. The minimum absolute atomic E-state index is 0.438. The van der Waals surface area contributed by atoms with Crippen molar-refractivity contribution in [1.82, 2.24) is 14.5 Å². The molecule has 1 saturated heterocycles. The number of hydrogen-bond donors (Lipinski definition) is 1. The van der Waals surface area contributed by atoms with E-state index < -0.39 is 5.60 Å². The number of aryl methyl sites for hydroxylation is 1. The maximum Gasteiger partial charge on any atom is 0.105 e. The van der Waals surface area contributed by atoms with Crippen LogP contribution in [0.25, 0.3) is 10.9 Å². The first kappa shape index (κ1) is 19.8. The quantitative estimate of drug-likeness (QED) is 0.661. The molecule has 1 aromatic carbocycles. The molecule has 0 radical (unpaired) electrons. The molecule has 5 rings (SSSR count). The monoisotopic (exact) mass is 403 g/mol. The van der Waals surface area contributed by atoms with Crippen molar-refractivity contribution in [3.8, 4) is 0 Å². The maximum atomic E-state index is 11.5. The van der Waals surface area contributed by atoms with Gasteiger partial charge in [-0.15, -0.1) is 0 Å². The van der Waals surface area contributed by atoms with Crippen LogP contribution in [0.3, 0.4) is 0 Å². The molecule has 4 heterocycles. The van der Waals surface area contributed by atoms with E-state index in [-0.39, 0.29) is 0 Å². The highest BCUT2D eigenvalue weighted by Gasteiger charge is 2.37. The van der Waals surface area contributed by atoms with Crippen LogP contribution in [0, 0.1) is 6.92 Å². The van der Waals surface area contributed by atoms with Gasteiger partial charge in [0.2, 0.25) is 0 Å². The van der Waals surface area contributed by atoms with E-state index in [0.717, 1.165) is 18.5 Å². The highest BCUT2D eigenvalue weighted by Crippen LogP contribution is 2.45. The van der Waals surface area contributed by atoms with Gasteiger partial charge >= 0.3 is 0 Å². The Balaban J connectivity index is 1.75. The van der Waals surface area contributed by atoms with E-state index in [1.807, 2.05) is 19.1 Å². The molecule has 0 saturated carbocycles. The van der Waals surface area contributed by atoms with Gasteiger partial charge in [-0.1, -0.05) is 25.5 Å².